The van der Waals surface area contributed by atoms with Crippen LogP contribution in [0.25, 0.3) is 0 Å². The lowest BCUT2D eigenvalue weighted by Crippen LogP contribution is -2.10. The van der Waals surface area contributed by atoms with Crippen LogP contribution in [0, 0.1) is 5.92 Å². The molecule has 0 aliphatic carbocycles. The summed E-state index contributed by atoms with van der Waals surface area (Å²) in [5.74, 6) is 3.60. The lowest BCUT2D eigenvalue weighted by atomic mass is 10.00. The van der Waals surface area contributed by atoms with Crippen molar-refractivity contribution < 1.29 is 5.11 Å². The van der Waals surface area contributed by atoms with Crippen molar-refractivity contribution in [3.05, 3.63) is 0 Å². The summed E-state index contributed by atoms with van der Waals surface area (Å²) >= 11 is 2.07. The van der Waals surface area contributed by atoms with Crippen LogP contribution in [0.1, 0.15) is 25.7 Å². The predicted octanol–water partition coefficient (Wildman–Crippen LogP) is 1.90. The molecule has 1 saturated heterocycles. The lowest BCUT2D eigenvalue weighted by molar-refractivity contribution is 0.271. The molecule has 60 valence electrons. The molecule has 10 heavy (non-hydrogen) atoms. The Hall–Kier alpha value is 0.310. The zero-order chi connectivity index (χ0) is 7.23. The molecular formula is C8H16OS. The second kappa shape index (κ2) is 5.03. The van der Waals surface area contributed by atoms with Crippen molar-refractivity contribution >= 4 is 11.8 Å². The third kappa shape index (κ3) is 2.93. The van der Waals surface area contributed by atoms with Crippen molar-refractivity contribution in [2.75, 3.05) is 18.1 Å². The first kappa shape index (κ1) is 8.41. The van der Waals surface area contributed by atoms with Crippen LogP contribution >= 0.6 is 11.8 Å². The van der Waals surface area contributed by atoms with E-state index >= 15 is 0 Å². The summed E-state index contributed by atoms with van der Waals surface area (Å²) < 4.78 is 0. The molecule has 1 fully saturated rings. The fourth-order valence-electron chi connectivity index (χ4n) is 1.42. The summed E-state index contributed by atoms with van der Waals surface area (Å²) in [5, 5.41) is 8.59. The van der Waals surface area contributed by atoms with E-state index in [1.165, 1.54) is 30.8 Å². The van der Waals surface area contributed by atoms with Crippen LogP contribution in [-0.2, 0) is 0 Å². The van der Waals surface area contributed by atoms with E-state index in [-0.39, 0.29) is 0 Å². The molecule has 1 rings (SSSR count). The van der Waals surface area contributed by atoms with Gasteiger partial charge >= 0.3 is 0 Å². The number of rotatable bonds is 3. The maximum atomic E-state index is 8.59. The number of aliphatic hydroxyl groups is 1. The van der Waals surface area contributed by atoms with Gasteiger partial charge in [0.05, 0.1) is 0 Å². The molecular weight excluding hydrogens is 144 g/mol. The molecule has 0 aromatic rings. The van der Waals surface area contributed by atoms with Gasteiger partial charge in [-0.2, -0.15) is 11.8 Å². The summed E-state index contributed by atoms with van der Waals surface area (Å²) in [5.41, 5.74) is 0. The van der Waals surface area contributed by atoms with Crippen LogP contribution in [-0.4, -0.2) is 23.2 Å². The minimum atomic E-state index is 0.376. The SMILES string of the molecule is OCCCC1CCCSC1. The minimum Gasteiger partial charge on any atom is -0.396 e. The summed E-state index contributed by atoms with van der Waals surface area (Å²) in [6.07, 6.45) is 5.03. The maximum Gasteiger partial charge on any atom is 0.0431 e. The highest BCUT2D eigenvalue weighted by Gasteiger charge is 2.12. The Bertz CT molecular complexity index is 79.3. The molecule has 1 atom stereocenters. The van der Waals surface area contributed by atoms with Crippen molar-refractivity contribution in [3.63, 3.8) is 0 Å². The smallest absolute Gasteiger partial charge is 0.0431 e. The molecule has 1 aliphatic heterocycles. The van der Waals surface area contributed by atoms with Crippen molar-refractivity contribution in [1.29, 1.82) is 0 Å². The average molecular weight is 160 g/mol. The zero-order valence-corrected chi connectivity index (χ0v) is 7.20. The van der Waals surface area contributed by atoms with Crippen LogP contribution in [0.3, 0.4) is 0 Å². The molecule has 0 aromatic heterocycles. The van der Waals surface area contributed by atoms with Crippen molar-refractivity contribution in [2.45, 2.75) is 25.7 Å². The van der Waals surface area contributed by atoms with Gasteiger partial charge in [-0.1, -0.05) is 0 Å². The third-order valence-electron chi connectivity index (χ3n) is 2.03. The fraction of sp³-hybridized carbons (Fsp3) is 1.00. The molecule has 0 amide bonds. The highest BCUT2D eigenvalue weighted by molar-refractivity contribution is 7.99. The Kier molecular flexibility index (Phi) is 4.23. The lowest BCUT2D eigenvalue weighted by Gasteiger charge is -2.20. The van der Waals surface area contributed by atoms with E-state index in [9.17, 15) is 0 Å². The van der Waals surface area contributed by atoms with Gasteiger partial charge in [0.2, 0.25) is 0 Å². The van der Waals surface area contributed by atoms with Crippen molar-refractivity contribution in [2.24, 2.45) is 5.92 Å². The monoisotopic (exact) mass is 160 g/mol. The highest BCUT2D eigenvalue weighted by atomic mass is 32.2. The number of aliphatic hydroxyl groups excluding tert-OH is 1. The Morgan fingerprint density at radius 1 is 1.50 bits per heavy atom. The summed E-state index contributed by atoms with van der Waals surface area (Å²) in [7, 11) is 0. The van der Waals surface area contributed by atoms with Gasteiger partial charge in [-0.3, -0.25) is 0 Å². The van der Waals surface area contributed by atoms with E-state index in [1.54, 1.807) is 0 Å². The molecule has 1 unspecified atom stereocenters. The average Bonchev–Trinajstić information content (AvgIpc) is 2.03. The zero-order valence-electron chi connectivity index (χ0n) is 6.38. The molecule has 0 bridgehead atoms. The Morgan fingerprint density at radius 2 is 2.40 bits per heavy atom. The van der Waals surface area contributed by atoms with E-state index in [0.717, 1.165) is 12.3 Å². The standard InChI is InChI=1S/C8H16OS/c9-5-1-3-8-4-2-6-10-7-8/h8-9H,1-7H2. The Labute approximate surface area is 67.2 Å². The van der Waals surface area contributed by atoms with Crippen LogP contribution < -0.4 is 0 Å². The molecule has 1 N–H and O–H groups in total. The topological polar surface area (TPSA) is 20.2 Å². The first-order valence-electron chi connectivity index (χ1n) is 4.12. The number of thioether (sulfide) groups is 1. The highest BCUT2D eigenvalue weighted by Crippen LogP contribution is 2.25. The van der Waals surface area contributed by atoms with Crippen LogP contribution in [0.15, 0.2) is 0 Å². The summed E-state index contributed by atoms with van der Waals surface area (Å²) in [6, 6.07) is 0. The van der Waals surface area contributed by atoms with E-state index < -0.39 is 0 Å². The van der Waals surface area contributed by atoms with Crippen molar-refractivity contribution in [1.82, 2.24) is 0 Å². The van der Waals surface area contributed by atoms with E-state index in [2.05, 4.69) is 11.8 Å². The predicted molar refractivity (Wildman–Crippen MR) is 46.4 cm³/mol. The Morgan fingerprint density at radius 3 is 3.00 bits per heavy atom. The Balaban J connectivity index is 2.02. The van der Waals surface area contributed by atoms with Crippen LogP contribution in [0.2, 0.25) is 0 Å². The van der Waals surface area contributed by atoms with Gasteiger partial charge in [0.15, 0.2) is 0 Å². The molecule has 2 heteroatoms. The van der Waals surface area contributed by atoms with Crippen LogP contribution in [0.5, 0.6) is 0 Å². The number of hydrogen-bond acceptors (Lipinski definition) is 2. The van der Waals surface area contributed by atoms with E-state index in [4.69, 9.17) is 5.11 Å². The van der Waals surface area contributed by atoms with Gasteiger partial charge in [0.1, 0.15) is 0 Å². The molecule has 0 saturated carbocycles. The van der Waals surface area contributed by atoms with Gasteiger partial charge < -0.3 is 5.11 Å². The molecule has 0 radical (unpaired) electrons. The van der Waals surface area contributed by atoms with Gasteiger partial charge in [-0.05, 0) is 43.1 Å². The van der Waals surface area contributed by atoms with Crippen LogP contribution in [0.4, 0.5) is 0 Å². The third-order valence-corrected chi connectivity index (χ3v) is 3.31. The first-order valence-corrected chi connectivity index (χ1v) is 5.27. The number of hydrogen-bond donors (Lipinski definition) is 1. The maximum absolute atomic E-state index is 8.59. The molecule has 1 heterocycles. The van der Waals surface area contributed by atoms with Gasteiger partial charge in [0.25, 0.3) is 0 Å². The largest absolute Gasteiger partial charge is 0.396 e. The van der Waals surface area contributed by atoms with Gasteiger partial charge in [-0.25, -0.2) is 0 Å². The first-order chi connectivity index (χ1) is 4.93. The molecule has 0 aromatic carbocycles. The van der Waals surface area contributed by atoms with E-state index in [1.807, 2.05) is 0 Å². The van der Waals surface area contributed by atoms with Crippen molar-refractivity contribution in [3.8, 4) is 0 Å². The van der Waals surface area contributed by atoms with Gasteiger partial charge in [0, 0.05) is 6.61 Å². The molecule has 1 aliphatic rings. The summed E-state index contributed by atoms with van der Waals surface area (Å²) in [4.78, 5) is 0. The minimum absolute atomic E-state index is 0.376. The van der Waals surface area contributed by atoms with Gasteiger partial charge in [-0.15, -0.1) is 0 Å². The second-order valence-corrected chi connectivity index (χ2v) is 4.10. The quantitative estimate of drug-likeness (QED) is 0.680. The molecule has 0 spiro atoms. The molecule has 1 nitrogen and oxygen atoms in total. The van der Waals surface area contributed by atoms with E-state index in [0.29, 0.717) is 6.61 Å². The fourth-order valence-corrected chi connectivity index (χ4v) is 2.62. The normalized spacial score (nSPS) is 26.7. The second-order valence-electron chi connectivity index (χ2n) is 2.95. The summed E-state index contributed by atoms with van der Waals surface area (Å²) in [6.45, 7) is 0.376.